The number of halogens is 1. The number of rotatable bonds is 5. The molecule has 3 nitrogen and oxygen atoms in total. The van der Waals surface area contributed by atoms with E-state index in [0.717, 1.165) is 16.8 Å². The molecule has 0 fully saturated rings. The standard InChI is InChI=1S/C15H17BrN2O/c1-11-6-7-17-15(14(11)16)18-9-12-4-3-5-13(8-12)10-19-2/h3-8H,9-10H2,1-2H3,(H,17,18). The van der Waals surface area contributed by atoms with Gasteiger partial charge in [-0.15, -0.1) is 0 Å². The molecule has 0 aliphatic rings. The molecule has 0 spiro atoms. The van der Waals surface area contributed by atoms with Gasteiger partial charge in [-0.2, -0.15) is 0 Å². The van der Waals surface area contributed by atoms with Gasteiger partial charge in [0.15, 0.2) is 0 Å². The minimum Gasteiger partial charge on any atom is -0.380 e. The number of nitrogens with one attached hydrogen (secondary N) is 1. The first kappa shape index (κ1) is 14.0. The van der Waals surface area contributed by atoms with E-state index in [1.165, 1.54) is 16.7 Å². The second kappa shape index (κ2) is 6.68. The molecule has 2 rings (SSSR count). The van der Waals surface area contributed by atoms with Crippen LogP contribution in [0.1, 0.15) is 16.7 Å². The zero-order valence-electron chi connectivity index (χ0n) is 11.1. The molecule has 0 saturated carbocycles. The van der Waals surface area contributed by atoms with Crippen molar-refractivity contribution in [2.24, 2.45) is 0 Å². The predicted molar refractivity (Wildman–Crippen MR) is 81.2 cm³/mol. The topological polar surface area (TPSA) is 34.1 Å². The van der Waals surface area contributed by atoms with Crippen molar-refractivity contribution in [3.8, 4) is 0 Å². The van der Waals surface area contributed by atoms with Gasteiger partial charge in [-0.05, 0) is 45.6 Å². The van der Waals surface area contributed by atoms with Crippen LogP contribution in [-0.4, -0.2) is 12.1 Å². The van der Waals surface area contributed by atoms with E-state index in [-0.39, 0.29) is 0 Å². The van der Waals surface area contributed by atoms with Gasteiger partial charge in [-0.25, -0.2) is 4.98 Å². The lowest BCUT2D eigenvalue weighted by molar-refractivity contribution is 0.185. The quantitative estimate of drug-likeness (QED) is 0.906. The Balaban J connectivity index is 2.06. The van der Waals surface area contributed by atoms with Crippen molar-refractivity contribution >= 4 is 21.7 Å². The molecule has 1 aromatic heterocycles. The Kier molecular flexibility index (Phi) is 4.93. The smallest absolute Gasteiger partial charge is 0.140 e. The van der Waals surface area contributed by atoms with Crippen LogP contribution in [0.15, 0.2) is 41.0 Å². The Bertz CT molecular complexity index is 558. The zero-order chi connectivity index (χ0) is 13.7. The maximum atomic E-state index is 5.14. The number of methoxy groups -OCH3 is 1. The Morgan fingerprint density at radius 2 is 2.05 bits per heavy atom. The Labute approximate surface area is 122 Å². The number of hydrogen-bond acceptors (Lipinski definition) is 3. The monoisotopic (exact) mass is 320 g/mol. The summed E-state index contributed by atoms with van der Waals surface area (Å²) in [6, 6.07) is 10.3. The number of aromatic nitrogens is 1. The van der Waals surface area contributed by atoms with E-state index in [2.05, 4.69) is 51.4 Å². The first-order chi connectivity index (χ1) is 9.20. The van der Waals surface area contributed by atoms with Crippen LogP contribution in [0.5, 0.6) is 0 Å². The van der Waals surface area contributed by atoms with Crippen molar-refractivity contribution in [2.75, 3.05) is 12.4 Å². The number of pyridine rings is 1. The van der Waals surface area contributed by atoms with Crippen molar-refractivity contribution < 1.29 is 4.74 Å². The Morgan fingerprint density at radius 1 is 1.26 bits per heavy atom. The van der Waals surface area contributed by atoms with E-state index in [0.29, 0.717) is 6.61 Å². The molecule has 0 atom stereocenters. The summed E-state index contributed by atoms with van der Waals surface area (Å²) in [6.07, 6.45) is 1.81. The van der Waals surface area contributed by atoms with E-state index in [4.69, 9.17) is 4.74 Å². The fourth-order valence-corrected chi connectivity index (χ4v) is 2.22. The highest BCUT2D eigenvalue weighted by Gasteiger charge is 2.03. The molecule has 4 heteroatoms. The molecule has 0 bridgehead atoms. The highest BCUT2D eigenvalue weighted by atomic mass is 79.9. The van der Waals surface area contributed by atoms with Crippen LogP contribution in [0.2, 0.25) is 0 Å². The summed E-state index contributed by atoms with van der Waals surface area (Å²) in [5.74, 6) is 0.872. The lowest BCUT2D eigenvalue weighted by atomic mass is 10.1. The molecule has 2 aromatic rings. The van der Waals surface area contributed by atoms with Crippen LogP contribution in [0.4, 0.5) is 5.82 Å². The van der Waals surface area contributed by atoms with Crippen molar-refractivity contribution in [2.45, 2.75) is 20.1 Å². The SMILES string of the molecule is COCc1cccc(CNc2nccc(C)c2Br)c1. The minimum absolute atomic E-state index is 0.639. The van der Waals surface area contributed by atoms with Gasteiger partial charge < -0.3 is 10.1 Å². The molecule has 0 unspecified atom stereocenters. The number of anilines is 1. The van der Waals surface area contributed by atoms with Gasteiger partial charge in [0.1, 0.15) is 5.82 Å². The van der Waals surface area contributed by atoms with E-state index in [1.54, 1.807) is 7.11 Å². The van der Waals surface area contributed by atoms with Gasteiger partial charge in [-0.3, -0.25) is 0 Å². The Hall–Kier alpha value is -1.39. The average molecular weight is 321 g/mol. The van der Waals surface area contributed by atoms with E-state index in [9.17, 15) is 0 Å². The summed E-state index contributed by atoms with van der Waals surface area (Å²) in [5.41, 5.74) is 3.56. The van der Waals surface area contributed by atoms with Crippen LogP contribution >= 0.6 is 15.9 Å². The van der Waals surface area contributed by atoms with Crippen LogP contribution in [0.25, 0.3) is 0 Å². The summed E-state index contributed by atoms with van der Waals surface area (Å²) in [4.78, 5) is 4.33. The van der Waals surface area contributed by atoms with Gasteiger partial charge in [-0.1, -0.05) is 24.3 Å². The maximum absolute atomic E-state index is 5.14. The first-order valence-electron chi connectivity index (χ1n) is 6.12. The van der Waals surface area contributed by atoms with Gasteiger partial charge in [0.05, 0.1) is 11.1 Å². The molecule has 0 aliphatic carbocycles. The summed E-state index contributed by atoms with van der Waals surface area (Å²) in [6.45, 7) is 3.43. The summed E-state index contributed by atoms with van der Waals surface area (Å²) >= 11 is 3.55. The normalized spacial score (nSPS) is 10.5. The second-order valence-corrected chi connectivity index (χ2v) is 5.19. The molecule has 0 aliphatic heterocycles. The largest absolute Gasteiger partial charge is 0.380 e. The first-order valence-corrected chi connectivity index (χ1v) is 6.91. The molecular weight excluding hydrogens is 304 g/mol. The molecule has 0 saturated heterocycles. The lowest BCUT2D eigenvalue weighted by Gasteiger charge is -2.10. The van der Waals surface area contributed by atoms with Crippen molar-refractivity contribution in [1.29, 1.82) is 0 Å². The number of aryl methyl sites for hydroxylation is 1. The molecule has 1 N–H and O–H groups in total. The second-order valence-electron chi connectivity index (χ2n) is 4.40. The van der Waals surface area contributed by atoms with Crippen molar-refractivity contribution in [3.05, 3.63) is 57.7 Å². The number of benzene rings is 1. The number of hydrogen-bond donors (Lipinski definition) is 1. The van der Waals surface area contributed by atoms with Crippen molar-refractivity contribution in [3.63, 3.8) is 0 Å². The number of ether oxygens (including phenoxy) is 1. The van der Waals surface area contributed by atoms with Gasteiger partial charge >= 0.3 is 0 Å². The molecule has 1 aromatic carbocycles. The molecule has 1 heterocycles. The summed E-state index contributed by atoms with van der Waals surface area (Å²) < 4.78 is 6.16. The molecule has 0 radical (unpaired) electrons. The summed E-state index contributed by atoms with van der Waals surface area (Å²) in [7, 11) is 1.71. The van der Waals surface area contributed by atoms with Crippen molar-refractivity contribution in [1.82, 2.24) is 4.98 Å². The highest BCUT2D eigenvalue weighted by molar-refractivity contribution is 9.10. The predicted octanol–water partition coefficient (Wildman–Crippen LogP) is 3.91. The van der Waals surface area contributed by atoms with Crippen LogP contribution in [0, 0.1) is 6.92 Å². The fourth-order valence-electron chi connectivity index (χ4n) is 1.85. The van der Waals surface area contributed by atoms with E-state index in [1.807, 2.05) is 18.3 Å². The fraction of sp³-hybridized carbons (Fsp3) is 0.267. The molecular formula is C15H17BrN2O. The van der Waals surface area contributed by atoms with Gasteiger partial charge in [0, 0.05) is 19.9 Å². The van der Waals surface area contributed by atoms with E-state index >= 15 is 0 Å². The maximum Gasteiger partial charge on any atom is 0.140 e. The molecule has 100 valence electrons. The van der Waals surface area contributed by atoms with E-state index < -0.39 is 0 Å². The highest BCUT2D eigenvalue weighted by Crippen LogP contribution is 2.23. The third-order valence-electron chi connectivity index (χ3n) is 2.84. The minimum atomic E-state index is 0.639. The van der Waals surface area contributed by atoms with Gasteiger partial charge in [0.25, 0.3) is 0 Å². The lowest BCUT2D eigenvalue weighted by Crippen LogP contribution is -2.03. The Morgan fingerprint density at radius 3 is 2.84 bits per heavy atom. The number of nitrogens with zero attached hydrogens (tertiary/aromatic N) is 1. The molecule has 0 amide bonds. The van der Waals surface area contributed by atoms with Crippen LogP contribution < -0.4 is 5.32 Å². The average Bonchev–Trinajstić information content (AvgIpc) is 2.41. The van der Waals surface area contributed by atoms with Crippen LogP contribution in [0.3, 0.4) is 0 Å². The van der Waals surface area contributed by atoms with Crippen LogP contribution in [-0.2, 0) is 17.9 Å². The third-order valence-corrected chi connectivity index (χ3v) is 3.85. The molecule has 19 heavy (non-hydrogen) atoms. The summed E-state index contributed by atoms with van der Waals surface area (Å²) in [5, 5.41) is 3.34. The van der Waals surface area contributed by atoms with Gasteiger partial charge in [0.2, 0.25) is 0 Å². The third kappa shape index (κ3) is 3.78. The zero-order valence-corrected chi connectivity index (χ0v) is 12.7.